The summed E-state index contributed by atoms with van der Waals surface area (Å²) in [5, 5.41) is 0. The van der Waals surface area contributed by atoms with Crippen LogP contribution in [0, 0.1) is 5.82 Å². The normalized spacial score (nSPS) is 12.1. The molecule has 0 spiro atoms. The topological polar surface area (TPSA) is 72.6 Å². The summed E-state index contributed by atoms with van der Waals surface area (Å²) in [4.78, 5) is 4.36. The van der Waals surface area contributed by atoms with Gasteiger partial charge in [-0.3, -0.25) is 4.84 Å². The second kappa shape index (κ2) is 4.66. The fourth-order valence-electron chi connectivity index (χ4n) is 1.00. The molecule has 2 N–H and O–H groups in total. The predicted octanol–water partition coefficient (Wildman–Crippen LogP) is 1.35. The third-order valence-electron chi connectivity index (χ3n) is 1.93. The first-order valence-electron chi connectivity index (χ1n) is 4.08. The third-order valence-corrected chi connectivity index (χ3v) is 4.27. The number of nitrogens with two attached hydrogens (primary N) is 1. The second-order valence-electron chi connectivity index (χ2n) is 2.90. The summed E-state index contributed by atoms with van der Waals surface area (Å²) < 4.78 is 37.4. The summed E-state index contributed by atoms with van der Waals surface area (Å²) in [6.07, 6.45) is 0. The van der Waals surface area contributed by atoms with Crippen molar-refractivity contribution < 1.29 is 17.6 Å². The van der Waals surface area contributed by atoms with Gasteiger partial charge in [0.1, 0.15) is 10.7 Å². The van der Waals surface area contributed by atoms with Crippen LogP contribution in [0.3, 0.4) is 0 Å². The highest BCUT2D eigenvalue weighted by atomic mass is 79.9. The van der Waals surface area contributed by atoms with Crippen LogP contribution < -0.4 is 5.73 Å². The maximum atomic E-state index is 13.1. The molecule has 0 unspecified atom stereocenters. The van der Waals surface area contributed by atoms with Crippen molar-refractivity contribution in [1.82, 2.24) is 4.47 Å². The van der Waals surface area contributed by atoms with Crippen LogP contribution >= 0.6 is 15.9 Å². The van der Waals surface area contributed by atoms with Gasteiger partial charge in [-0.2, -0.15) is 0 Å². The molecular formula is C8H10BrFN2O3S. The molecule has 0 saturated heterocycles. The van der Waals surface area contributed by atoms with Crippen molar-refractivity contribution in [3.05, 3.63) is 22.4 Å². The quantitative estimate of drug-likeness (QED) is 0.675. The van der Waals surface area contributed by atoms with E-state index in [1.807, 2.05) is 0 Å². The fourth-order valence-corrected chi connectivity index (χ4v) is 2.60. The smallest absolute Gasteiger partial charge is 0.266 e. The molecule has 0 heterocycles. The third kappa shape index (κ3) is 2.34. The monoisotopic (exact) mass is 312 g/mol. The summed E-state index contributed by atoms with van der Waals surface area (Å²) in [7, 11) is -1.45. The Morgan fingerprint density at radius 1 is 1.50 bits per heavy atom. The lowest BCUT2D eigenvalue weighted by Gasteiger charge is -2.15. The van der Waals surface area contributed by atoms with Gasteiger partial charge in [-0.1, -0.05) is 4.47 Å². The average Bonchev–Trinajstić information content (AvgIpc) is 2.21. The lowest BCUT2D eigenvalue weighted by molar-refractivity contribution is -0.0258. The molecule has 8 heteroatoms. The molecule has 0 aromatic heterocycles. The number of benzene rings is 1. The van der Waals surface area contributed by atoms with E-state index in [9.17, 15) is 12.8 Å². The van der Waals surface area contributed by atoms with Gasteiger partial charge in [0.15, 0.2) is 0 Å². The Morgan fingerprint density at radius 2 is 2.06 bits per heavy atom. The lowest BCUT2D eigenvalue weighted by Crippen LogP contribution is -2.26. The minimum atomic E-state index is -3.87. The minimum Gasteiger partial charge on any atom is -0.398 e. The molecule has 0 radical (unpaired) electrons. The van der Waals surface area contributed by atoms with Gasteiger partial charge in [-0.05, 0) is 28.1 Å². The molecule has 0 atom stereocenters. The van der Waals surface area contributed by atoms with E-state index >= 15 is 0 Å². The maximum Gasteiger partial charge on any atom is 0.266 e. The van der Waals surface area contributed by atoms with Crippen molar-refractivity contribution in [2.75, 3.05) is 19.9 Å². The molecule has 0 aliphatic rings. The summed E-state index contributed by atoms with van der Waals surface area (Å²) in [6.45, 7) is 0. The zero-order chi connectivity index (χ0) is 12.5. The van der Waals surface area contributed by atoms with E-state index in [4.69, 9.17) is 5.73 Å². The molecule has 5 nitrogen and oxygen atoms in total. The Balaban J connectivity index is 3.40. The summed E-state index contributed by atoms with van der Waals surface area (Å²) in [5.74, 6) is -0.628. The van der Waals surface area contributed by atoms with E-state index < -0.39 is 15.8 Å². The van der Waals surface area contributed by atoms with Gasteiger partial charge in [0.2, 0.25) is 0 Å². The molecule has 0 saturated carbocycles. The number of hydrogen-bond donors (Lipinski definition) is 1. The van der Waals surface area contributed by atoms with Gasteiger partial charge in [-0.25, -0.2) is 12.8 Å². The minimum absolute atomic E-state index is 0.0183. The molecule has 1 aromatic carbocycles. The fraction of sp³-hybridized carbons (Fsp3) is 0.250. The molecule has 1 aromatic rings. The largest absolute Gasteiger partial charge is 0.398 e. The molecule has 16 heavy (non-hydrogen) atoms. The second-order valence-corrected chi connectivity index (χ2v) is 5.66. The number of nitrogens with zero attached hydrogens (tertiary/aromatic N) is 1. The lowest BCUT2D eigenvalue weighted by atomic mass is 10.3. The average molecular weight is 313 g/mol. The first kappa shape index (κ1) is 13.4. The van der Waals surface area contributed by atoms with Crippen molar-refractivity contribution in [1.29, 1.82) is 0 Å². The number of anilines is 1. The van der Waals surface area contributed by atoms with E-state index in [0.717, 1.165) is 12.1 Å². The van der Waals surface area contributed by atoms with Crippen molar-refractivity contribution in [2.24, 2.45) is 0 Å². The van der Waals surface area contributed by atoms with Crippen molar-refractivity contribution in [2.45, 2.75) is 4.90 Å². The van der Waals surface area contributed by atoms with Gasteiger partial charge in [-0.15, -0.1) is 0 Å². The zero-order valence-corrected chi connectivity index (χ0v) is 11.0. The highest BCUT2D eigenvalue weighted by Crippen LogP contribution is 2.27. The molecule has 0 aliphatic carbocycles. The first-order valence-corrected chi connectivity index (χ1v) is 6.31. The van der Waals surface area contributed by atoms with Crippen molar-refractivity contribution >= 4 is 31.6 Å². The van der Waals surface area contributed by atoms with E-state index in [-0.39, 0.29) is 15.1 Å². The molecule has 0 bridgehead atoms. The highest BCUT2D eigenvalue weighted by Gasteiger charge is 2.24. The SMILES string of the molecule is CON(C)S(=O)(=O)c1cc(Br)c(F)cc1N. The number of halogens is 2. The van der Waals surface area contributed by atoms with Crippen molar-refractivity contribution in [3.63, 3.8) is 0 Å². The Labute approximate surface area is 101 Å². The standard InChI is InChI=1S/C8H10BrFN2O3S/c1-12(15-2)16(13,14)8-3-5(9)6(10)4-7(8)11/h3-4H,11H2,1-2H3. The molecular weight excluding hydrogens is 303 g/mol. The summed E-state index contributed by atoms with van der Waals surface area (Å²) in [6, 6.07) is 2.02. The Kier molecular flexibility index (Phi) is 3.89. The number of sulfonamides is 1. The van der Waals surface area contributed by atoms with Crippen LogP contribution in [0.25, 0.3) is 0 Å². The van der Waals surface area contributed by atoms with E-state index in [1.165, 1.54) is 14.2 Å². The number of nitrogen functional groups attached to an aromatic ring is 1. The van der Waals surface area contributed by atoms with Crippen LogP contribution in [0.5, 0.6) is 0 Å². The zero-order valence-electron chi connectivity index (χ0n) is 8.57. The van der Waals surface area contributed by atoms with Crippen LogP contribution in [0.2, 0.25) is 0 Å². The van der Waals surface area contributed by atoms with Gasteiger partial charge >= 0.3 is 0 Å². The molecule has 0 aliphatic heterocycles. The van der Waals surface area contributed by atoms with Gasteiger partial charge < -0.3 is 5.73 Å². The summed E-state index contributed by atoms with van der Waals surface area (Å²) in [5.41, 5.74) is 5.27. The predicted molar refractivity (Wildman–Crippen MR) is 60.5 cm³/mol. The Bertz CT molecular complexity index is 506. The first-order chi connectivity index (χ1) is 7.30. The van der Waals surface area contributed by atoms with Crippen LogP contribution in [0.1, 0.15) is 0 Å². The molecule has 0 fully saturated rings. The van der Waals surface area contributed by atoms with Crippen LogP contribution in [0.4, 0.5) is 10.1 Å². The Morgan fingerprint density at radius 3 is 2.56 bits per heavy atom. The molecule has 1 rings (SSSR count). The van der Waals surface area contributed by atoms with Gasteiger partial charge in [0.05, 0.1) is 17.3 Å². The van der Waals surface area contributed by atoms with Crippen LogP contribution in [0.15, 0.2) is 21.5 Å². The number of hydrogen-bond acceptors (Lipinski definition) is 4. The molecule has 0 amide bonds. The molecule has 90 valence electrons. The highest BCUT2D eigenvalue weighted by molar-refractivity contribution is 9.10. The number of hydroxylamine groups is 1. The van der Waals surface area contributed by atoms with Crippen LogP contribution in [-0.4, -0.2) is 27.0 Å². The van der Waals surface area contributed by atoms with E-state index in [2.05, 4.69) is 20.8 Å². The maximum absolute atomic E-state index is 13.1. The van der Waals surface area contributed by atoms with E-state index in [1.54, 1.807) is 0 Å². The summed E-state index contributed by atoms with van der Waals surface area (Å²) >= 11 is 2.89. The van der Waals surface area contributed by atoms with Gasteiger partial charge in [0, 0.05) is 7.05 Å². The number of rotatable bonds is 3. The van der Waals surface area contributed by atoms with E-state index in [0.29, 0.717) is 4.47 Å². The Hall–Kier alpha value is -0.700. The van der Waals surface area contributed by atoms with Gasteiger partial charge in [0.25, 0.3) is 10.0 Å². The van der Waals surface area contributed by atoms with Crippen molar-refractivity contribution in [3.8, 4) is 0 Å². The van der Waals surface area contributed by atoms with Crippen LogP contribution in [-0.2, 0) is 14.9 Å².